The van der Waals surface area contributed by atoms with E-state index in [0.717, 1.165) is 38.0 Å². The van der Waals surface area contributed by atoms with Gasteiger partial charge < -0.3 is 4.90 Å². The zero-order valence-corrected chi connectivity index (χ0v) is 14.8. The van der Waals surface area contributed by atoms with Crippen molar-refractivity contribution in [2.45, 2.75) is 45.4 Å². The van der Waals surface area contributed by atoms with Crippen LogP contribution in [0.25, 0.3) is 0 Å². The molecule has 3 nitrogen and oxygen atoms in total. The second kappa shape index (κ2) is 6.92. The highest BCUT2D eigenvalue weighted by atomic mass is 32.1. The predicted molar refractivity (Wildman–Crippen MR) is 92.8 cm³/mol. The molecule has 0 unspecified atom stereocenters. The summed E-state index contributed by atoms with van der Waals surface area (Å²) >= 11 is 3.56. The van der Waals surface area contributed by atoms with Gasteiger partial charge in [-0.1, -0.05) is 6.07 Å². The standard InChI is InChI=1S/C17H22N2OS2/c1-12-13(2)22-17(18-12)14-7-9-19(10-8-14)16(20)6-5-15-4-3-11-21-15/h3-4,11,14H,5-10H2,1-2H3. The van der Waals surface area contributed by atoms with Gasteiger partial charge in [-0.05, 0) is 44.6 Å². The summed E-state index contributed by atoms with van der Waals surface area (Å²) in [6, 6.07) is 4.16. The number of rotatable bonds is 4. The third-order valence-corrected chi connectivity index (χ3v) is 6.58. The van der Waals surface area contributed by atoms with Crippen LogP contribution in [0.3, 0.4) is 0 Å². The van der Waals surface area contributed by atoms with Gasteiger partial charge in [0, 0.05) is 35.2 Å². The highest BCUT2D eigenvalue weighted by molar-refractivity contribution is 7.11. The number of thiophene rings is 1. The first-order valence-corrected chi connectivity index (χ1v) is 9.57. The summed E-state index contributed by atoms with van der Waals surface area (Å²) in [5.41, 5.74) is 1.16. The van der Waals surface area contributed by atoms with Crippen LogP contribution in [0.1, 0.15) is 45.6 Å². The highest BCUT2D eigenvalue weighted by Crippen LogP contribution is 2.32. The van der Waals surface area contributed by atoms with E-state index in [4.69, 9.17) is 4.98 Å². The fraction of sp³-hybridized carbons (Fsp3) is 0.529. The molecular weight excluding hydrogens is 312 g/mol. The van der Waals surface area contributed by atoms with Crippen molar-refractivity contribution in [3.05, 3.63) is 38.0 Å². The summed E-state index contributed by atoms with van der Waals surface area (Å²) in [6.45, 7) is 5.98. The van der Waals surface area contributed by atoms with Gasteiger partial charge in [0.25, 0.3) is 0 Å². The van der Waals surface area contributed by atoms with Gasteiger partial charge in [-0.3, -0.25) is 4.79 Å². The summed E-state index contributed by atoms with van der Waals surface area (Å²) in [4.78, 5) is 21.7. The first kappa shape index (κ1) is 15.7. The maximum atomic E-state index is 12.3. The second-order valence-corrected chi connectivity index (χ2v) is 8.20. The van der Waals surface area contributed by atoms with Gasteiger partial charge in [-0.2, -0.15) is 0 Å². The van der Waals surface area contributed by atoms with E-state index in [2.05, 4.69) is 25.3 Å². The summed E-state index contributed by atoms with van der Waals surface area (Å²) in [5.74, 6) is 0.845. The number of hydrogen-bond donors (Lipinski definition) is 0. The number of thiazole rings is 1. The molecule has 0 saturated carbocycles. The molecule has 3 rings (SSSR count). The minimum atomic E-state index is 0.304. The van der Waals surface area contributed by atoms with Crippen molar-refractivity contribution < 1.29 is 4.79 Å². The van der Waals surface area contributed by atoms with Crippen LogP contribution in [0.5, 0.6) is 0 Å². The molecule has 0 aromatic carbocycles. The van der Waals surface area contributed by atoms with Crippen LogP contribution < -0.4 is 0 Å². The Morgan fingerprint density at radius 3 is 2.73 bits per heavy atom. The largest absolute Gasteiger partial charge is 0.343 e. The van der Waals surface area contributed by atoms with Gasteiger partial charge in [0.05, 0.1) is 10.7 Å². The van der Waals surface area contributed by atoms with E-state index >= 15 is 0 Å². The molecule has 1 aliphatic rings. The molecule has 0 atom stereocenters. The average Bonchev–Trinajstić information content (AvgIpc) is 3.16. The highest BCUT2D eigenvalue weighted by Gasteiger charge is 2.25. The van der Waals surface area contributed by atoms with Crippen molar-refractivity contribution in [2.24, 2.45) is 0 Å². The van der Waals surface area contributed by atoms with Crippen LogP contribution in [0.15, 0.2) is 17.5 Å². The van der Waals surface area contributed by atoms with E-state index in [0.29, 0.717) is 18.2 Å². The van der Waals surface area contributed by atoms with Crippen molar-refractivity contribution in [3.63, 3.8) is 0 Å². The molecule has 1 saturated heterocycles. The van der Waals surface area contributed by atoms with Gasteiger partial charge >= 0.3 is 0 Å². The van der Waals surface area contributed by atoms with Crippen molar-refractivity contribution in [1.82, 2.24) is 9.88 Å². The lowest BCUT2D eigenvalue weighted by Gasteiger charge is -2.31. The third-order valence-electron chi connectivity index (χ3n) is 4.41. The Morgan fingerprint density at radius 2 is 2.14 bits per heavy atom. The summed E-state index contributed by atoms with van der Waals surface area (Å²) in [7, 11) is 0. The molecule has 1 aliphatic heterocycles. The lowest BCUT2D eigenvalue weighted by molar-refractivity contribution is -0.132. The number of piperidine rings is 1. The Labute approximate surface area is 140 Å². The van der Waals surface area contributed by atoms with Crippen molar-refractivity contribution in [1.29, 1.82) is 0 Å². The summed E-state index contributed by atoms with van der Waals surface area (Å²) in [6.07, 6.45) is 3.62. The van der Waals surface area contributed by atoms with Gasteiger partial charge in [0.1, 0.15) is 0 Å². The van der Waals surface area contributed by atoms with Crippen LogP contribution in [0.4, 0.5) is 0 Å². The topological polar surface area (TPSA) is 33.2 Å². The van der Waals surface area contributed by atoms with E-state index in [1.165, 1.54) is 14.8 Å². The quantitative estimate of drug-likeness (QED) is 0.841. The van der Waals surface area contributed by atoms with Gasteiger partial charge in [0.2, 0.25) is 5.91 Å². The molecule has 1 amide bonds. The Balaban J connectivity index is 1.49. The fourth-order valence-corrected chi connectivity index (χ4v) is 4.69. The second-order valence-electron chi connectivity index (χ2n) is 5.93. The monoisotopic (exact) mass is 334 g/mol. The average molecular weight is 335 g/mol. The number of aryl methyl sites for hydroxylation is 3. The molecular formula is C17H22N2OS2. The van der Waals surface area contributed by atoms with Crippen LogP contribution in [0, 0.1) is 13.8 Å². The van der Waals surface area contributed by atoms with Gasteiger partial charge in [0.15, 0.2) is 0 Å². The molecule has 22 heavy (non-hydrogen) atoms. The molecule has 2 aromatic heterocycles. The lowest BCUT2D eigenvalue weighted by Crippen LogP contribution is -2.38. The number of carbonyl (C=O) groups excluding carboxylic acids is 1. The number of nitrogens with zero attached hydrogens (tertiary/aromatic N) is 2. The van der Waals surface area contributed by atoms with E-state index < -0.39 is 0 Å². The minimum Gasteiger partial charge on any atom is -0.343 e. The third kappa shape index (κ3) is 3.58. The number of amides is 1. The van der Waals surface area contributed by atoms with Crippen molar-refractivity contribution >= 4 is 28.6 Å². The lowest BCUT2D eigenvalue weighted by atomic mass is 9.97. The Bertz CT molecular complexity index is 606. The maximum absolute atomic E-state index is 12.3. The molecule has 0 spiro atoms. The molecule has 0 aliphatic carbocycles. The van der Waals surface area contributed by atoms with Crippen LogP contribution in [-0.2, 0) is 11.2 Å². The number of hydrogen-bond acceptors (Lipinski definition) is 4. The van der Waals surface area contributed by atoms with Crippen molar-refractivity contribution in [3.8, 4) is 0 Å². The zero-order chi connectivity index (χ0) is 15.5. The molecule has 0 bridgehead atoms. The molecule has 3 heterocycles. The van der Waals surface area contributed by atoms with Gasteiger partial charge in [-0.15, -0.1) is 22.7 Å². The minimum absolute atomic E-state index is 0.304. The molecule has 0 radical (unpaired) electrons. The van der Waals surface area contributed by atoms with Gasteiger partial charge in [-0.25, -0.2) is 4.98 Å². The first-order valence-electron chi connectivity index (χ1n) is 7.87. The number of likely N-dealkylation sites (tertiary alicyclic amines) is 1. The fourth-order valence-electron chi connectivity index (χ4n) is 2.89. The van der Waals surface area contributed by atoms with Crippen LogP contribution in [-0.4, -0.2) is 28.9 Å². The summed E-state index contributed by atoms with van der Waals surface area (Å²) < 4.78 is 0. The Morgan fingerprint density at radius 1 is 1.36 bits per heavy atom. The smallest absolute Gasteiger partial charge is 0.222 e. The van der Waals surface area contributed by atoms with E-state index in [9.17, 15) is 4.79 Å². The zero-order valence-electron chi connectivity index (χ0n) is 13.2. The number of carbonyl (C=O) groups is 1. The Kier molecular flexibility index (Phi) is 4.93. The normalized spacial score (nSPS) is 16.2. The van der Waals surface area contributed by atoms with Crippen LogP contribution in [0.2, 0.25) is 0 Å². The van der Waals surface area contributed by atoms with Crippen molar-refractivity contribution in [2.75, 3.05) is 13.1 Å². The molecule has 5 heteroatoms. The Hall–Kier alpha value is -1.20. The van der Waals surface area contributed by atoms with Crippen LogP contribution >= 0.6 is 22.7 Å². The molecule has 1 fully saturated rings. The van der Waals surface area contributed by atoms with E-state index in [1.54, 1.807) is 11.3 Å². The van der Waals surface area contributed by atoms with E-state index in [-0.39, 0.29) is 0 Å². The molecule has 0 N–H and O–H groups in total. The predicted octanol–water partition coefficient (Wildman–Crippen LogP) is 4.16. The molecule has 2 aromatic rings. The number of aromatic nitrogens is 1. The maximum Gasteiger partial charge on any atom is 0.222 e. The first-order chi connectivity index (χ1) is 10.6. The van der Waals surface area contributed by atoms with E-state index in [1.807, 2.05) is 22.3 Å². The molecule has 118 valence electrons. The summed E-state index contributed by atoms with van der Waals surface area (Å²) in [5, 5.41) is 3.34. The SMILES string of the molecule is Cc1nc(C2CCN(C(=O)CCc3cccs3)CC2)sc1C.